The number of aromatic nitrogens is 1. The van der Waals surface area contributed by atoms with Crippen molar-refractivity contribution in [2.45, 2.75) is 20.4 Å². The fourth-order valence-electron chi connectivity index (χ4n) is 2.10. The van der Waals surface area contributed by atoms with Crippen LogP contribution in [0.1, 0.15) is 13.8 Å². The van der Waals surface area contributed by atoms with Gasteiger partial charge in [0.2, 0.25) is 5.91 Å². The molecule has 2 rings (SSSR count). The molecule has 0 aliphatic rings. The standard InChI is InChI=1S/C15H18N2O3/c1-4-16(9-11(2)3)14(18)10-17-12-7-5-6-8-13(12)20-15(17)19/h5-8H,2,4,9-10H2,1,3H3. The highest BCUT2D eigenvalue weighted by Gasteiger charge is 2.16. The summed E-state index contributed by atoms with van der Waals surface area (Å²) in [6.45, 7) is 8.64. The average molecular weight is 274 g/mol. The van der Waals surface area contributed by atoms with E-state index in [1.807, 2.05) is 19.9 Å². The number of amides is 1. The number of nitrogens with zero attached hydrogens (tertiary/aromatic N) is 2. The van der Waals surface area contributed by atoms with E-state index >= 15 is 0 Å². The number of fused-ring (bicyclic) bond motifs is 1. The number of rotatable bonds is 5. The molecule has 2 aromatic rings. The molecule has 0 unspecified atom stereocenters. The van der Waals surface area contributed by atoms with Gasteiger partial charge in [-0.15, -0.1) is 0 Å². The van der Waals surface area contributed by atoms with Gasteiger partial charge >= 0.3 is 5.76 Å². The maximum absolute atomic E-state index is 12.3. The van der Waals surface area contributed by atoms with Crippen molar-refractivity contribution < 1.29 is 9.21 Å². The first-order valence-electron chi connectivity index (χ1n) is 6.53. The number of hydrogen-bond donors (Lipinski definition) is 0. The molecular formula is C15H18N2O3. The first kappa shape index (κ1) is 14.1. The van der Waals surface area contributed by atoms with Crippen LogP contribution in [-0.4, -0.2) is 28.5 Å². The van der Waals surface area contributed by atoms with E-state index in [2.05, 4.69) is 6.58 Å². The lowest BCUT2D eigenvalue weighted by Crippen LogP contribution is -2.36. The van der Waals surface area contributed by atoms with Crippen molar-refractivity contribution in [3.63, 3.8) is 0 Å². The Labute approximate surface area is 117 Å². The minimum Gasteiger partial charge on any atom is -0.408 e. The third-order valence-corrected chi connectivity index (χ3v) is 3.06. The molecule has 0 bridgehead atoms. The van der Waals surface area contributed by atoms with E-state index in [4.69, 9.17) is 4.42 Å². The van der Waals surface area contributed by atoms with Gasteiger partial charge in [0, 0.05) is 13.1 Å². The highest BCUT2D eigenvalue weighted by molar-refractivity contribution is 5.79. The summed E-state index contributed by atoms with van der Waals surface area (Å²) in [7, 11) is 0. The van der Waals surface area contributed by atoms with Crippen LogP contribution in [0.3, 0.4) is 0 Å². The Bertz CT molecular complexity index is 696. The number of carbonyl (C=O) groups excluding carboxylic acids is 1. The second-order valence-electron chi connectivity index (χ2n) is 4.79. The van der Waals surface area contributed by atoms with Crippen molar-refractivity contribution in [2.75, 3.05) is 13.1 Å². The minimum absolute atomic E-state index is 0.0169. The molecule has 5 nitrogen and oxygen atoms in total. The Morgan fingerprint density at radius 1 is 1.40 bits per heavy atom. The van der Waals surface area contributed by atoms with Crippen LogP contribution in [-0.2, 0) is 11.3 Å². The Balaban J connectivity index is 2.27. The maximum atomic E-state index is 12.3. The van der Waals surface area contributed by atoms with E-state index in [0.717, 1.165) is 5.57 Å². The topological polar surface area (TPSA) is 55.5 Å². The highest BCUT2D eigenvalue weighted by atomic mass is 16.4. The third-order valence-electron chi connectivity index (χ3n) is 3.06. The second kappa shape index (κ2) is 5.77. The van der Waals surface area contributed by atoms with E-state index in [9.17, 15) is 9.59 Å². The van der Waals surface area contributed by atoms with Crippen molar-refractivity contribution in [1.29, 1.82) is 0 Å². The van der Waals surface area contributed by atoms with Crippen LogP contribution in [0.4, 0.5) is 0 Å². The molecule has 1 heterocycles. The van der Waals surface area contributed by atoms with E-state index in [0.29, 0.717) is 24.2 Å². The quantitative estimate of drug-likeness (QED) is 0.784. The summed E-state index contributed by atoms with van der Waals surface area (Å²) in [5.74, 6) is -0.630. The van der Waals surface area contributed by atoms with Crippen LogP contribution in [0.2, 0.25) is 0 Å². The van der Waals surface area contributed by atoms with E-state index in [1.165, 1.54) is 4.57 Å². The fraction of sp³-hybridized carbons (Fsp3) is 0.333. The molecule has 0 aliphatic carbocycles. The number of carbonyl (C=O) groups is 1. The summed E-state index contributed by atoms with van der Waals surface area (Å²) >= 11 is 0. The summed E-state index contributed by atoms with van der Waals surface area (Å²) in [4.78, 5) is 25.7. The Kier molecular flexibility index (Phi) is 4.08. The van der Waals surface area contributed by atoms with E-state index < -0.39 is 5.76 Å². The van der Waals surface area contributed by atoms with Crippen LogP contribution in [0.15, 0.2) is 45.6 Å². The zero-order chi connectivity index (χ0) is 14.7. The molecule has 0 saturated heterocycles. The highest BCUT2D eigenvalue weighted by Crippen LogP contribution is 2.12. The number of hydrogen-bond acceptors (Lipinski definition) is 3. The van der Waals surface area contributed by atoms with Gasteiger partial charge in [-0.25, -0.2) is 4.79 Å². The first-order chi connectivity index (χ1) is 9.52. The molecule has 0 N–H and O–H groups in total. The molecule has 1 aromatic carbocycles. The summed E-state index contributed by atoms with van der Waals surface area (Å²) < 4.78 is 6.47. The second-order valence-corrected chi connectivity index (χ2v) is 4.79. The monoisotopic (exact) mass is 274 g/mol. The number of oxazole rings is 1. The molecule has 1 aromatic heterocycles. The van der Waals surface area contributed by atoms with Gasteiger partial charge in [0.05, 0.1) is 5.52 Å². The third kappa shape index (κ3) is 2.82. The average Bonchev–Trinajstić information content (AvgIpc) is 2.72. The van der Waals surface area contributed by atoms with Crippen molar-refractivity contribution in [1.82, 2.24) is 9.47 Å². The molecule has 0 spiro atoms. The van der Waals surface area contributed by atoms with Gasteiger partial charge in [0.15, 0.2) is 5.58 Å². The van der Waals surface area contributed by atoms with E-state index in [-0.39, 0.29) is 12.5 Å². The van der Waals surface area contributed by atoms with Gasteiger partial charge in [-0.1, -0.05) is 24.3 Å². The molecule has 5 heteroatoms. The van der Waals surface area contributed by atoms with Gasteiger partial charge in [-0.2, -0.15) is 0 Å². The van der Waals surface area contributed by atoms with E-state index in [1.54, 1.807) is 23.1 Å². The SMILES string of the molecule is C=C(C)CN(CC)C(=O)Cn1c(=O)oc2ccccc21. The zero-order valence-corrected chi connectivity index (χ0v) is 11.8. The molecule has 0 atom stereocenters. The molecule has 0 saturated carbocycles. The van der Waals surface area contributed by atoms with Crippen LogP contribution >= 0.6 is 0 Å². The summed E-state index contributed by atoms with van der Waals surface area (Å²) in [5, 5.41) is 0. The molecular weight excluding hydrogens is 256 g/mol. The predicted octanol–water partition coefficient (Wildman–Crippen LogP) is 2.02. The van der Waals surface area contributed by atoms with Crippen molar-refractivity contribution in [3.05, 3.63) is 47.0 Å². The van der Waals surface area contributed by atoms with Crippen LogP contribution < -0.4 is 5.76 Å². The van der Waals surface area contributed by atoms with Gasteiger partial charge in [0.1, 0.15) is 6.54 Å². The largest absolute Gasteiger partial charge is 0.420 e. The van der Waals surface area contributed by atoms with Gasteiger partial charge < -0.3 is 9.32 Å². The van der Waals surface area contributed by atoms with Gasteiger partial charge in [-0.05, 0) is 26.0 Å². The van der Waals surface area contributed by atoms with Crippen molar-refractivity contribution in [3.8, 4) is 0 Å². The van der Waals surface area contributed by atoms with Crippen molar-refractivity contribution in [2.24, 2.45) is 0 Å². The minimum atomic E-state index is -0.508. The van der Waals surface area contributed by atoms with Gasteiger partial charge in [0.25, 0.3) is 0 Å². The van der Waals surface area contributed by atoms with Crippen LogP contribution in [0.5, 0.6) is 0 Å². The molecule has 0 aliphatic heterocycles. The number of likely N-dealkylation sites (N-methyl/N-ethyl adjacent to an activating group) is 1. The molecule has 0 radical (unpaired) electrons. The smallest absolute Gasteiger partial charge is 0.408 e. The molecule has 1 amide bonds. The van der Waals surface area contributed by atoms with Crippen LogP contribution in [0.25, 0.3) is 11.1 Å². The van der Waals surface area contributed by atoms with Crippen LogP contribution in [0, 0.1) is 0 Å². The van der Waals surface area contributed by atoms with Crippen molar-refractivity contribution >= 4 is 17.0 Å². The Morgan fingerprint density at radius 3 is 2.75 bits per heavy atom. The summed E-state index contributed by atoms with van der Waals surface area (Å²) in [6, 6.07) is 7.08. The molecule has 0 fully saturated rings. The lowest BCUT2D eigenvalue weighted by molar-refractivity contribution is -0.131. The number of benzene rings is 1. The molecule has 106 valence electrons. The number of para-hydroxylation sites is 2. The zero-order valence-electron chi connectivity index (χ0n) is 11.8. The summed E-state index contributed by atoms with van der Waals surface area (Å²) in [6.07, 6.45) is 0. The lowest BCUT2D eigenvalue weighted by Gasteiger charge is -2.20. The first-order valence-corrected chi connectivity index (χ1v) is 6.53. The normalized spacial score (nSPS) is 10.7. The maximum Gasteiger partial charge on any atom is 0.420 e. The Hall–Kier alpha value is -2.30. The Morgan fingerprint density at radius 2 is 2.10 bits per heavy atom. The predicted molar refractivity (Wildman–Crippen MR) is 77.5 cm³/mol. The molecule has 20 heavy (non-hydrogen) atoms. The van der Waals surface area contributed by atoms with Gasteiger partial charge in [-0.3, -0.25) is 9.36 Å². The fourth-order valence-corrected chi connectivity index (χ4v) is 2.10. The summed E-state index contributed by atoms with van der Waals surface area (Å²) in [5.41, 5.74) is 2.04. The lowest BCUT2D eigenvalue weighted by atomic mass is 10.3.